The first-order chi connectivity index (χ1) is 4.88. The lowest BCUT2D eigenvalue weighted by molar-refractivity contribution is 0.484. The number of halogens is 1. The van der Waals surface area contributed by atoms with Crippen molar-refractivity contribution in [2.24, 2.45) is 0 Å². The van der Waals surface area contributed by atoms with E-state index in [1.165, 1.54) is 6.07 Å². The Kier molecular flexibility index (Phi) is 2.01. The van der Waals surface area contributed by atoms with E-state index in [9.17, 15) is 4.39 Å². The summed E-state index contributed by atoms with van der Waals surface area (Å²) in [6.45, 7) is -0.586. The SMILES string of the molecule is N#Cc1c[c]ccc1CF. The van der Waals surface area contributed by atoms with E-state index in [0.717, 1.165) is 0 Å². The van der Waals surface area contributed by atoms with Crippen molar-refractivity contribution in [2.75, 3.05) is 0 Å². The monoisotopic (exact) mass is 134 g/mol. The number of nitrogens with zero attached hydrogens (tertiary/aromatic N) is 1. The molecule has 0 heterocycles. The van der Waals surface area contributed by atoms with Gasteiger partial charge in [-0.15, -0.1) is 0 Å². The summed E-state index contributed by atoms with van der Waals surface area (Å²) in [4.78, 5) is 0. The second-order valence-electron chi connectivity index (χ2n) is 1.83. The molecule has 0 bridgehead atoms. The van der Waals surface area contributed by atoms with E-state index in [2.05, 4.69) is 6.07 Å². The molecular formula is C8H5FN. The first kappa shape index (κ1) is 6.76. The van der Waals surface area contributed by atoms with Gasteiger partial charge in [-0.2, -0.15) is 5.26 Å². The lowest BCUT2D eigenvalue weighted by Crippen LogP contribution is -1.83. The lowest BCUT2D eigenvalue weighted by Gasteiger charge is -1.93. The maximum Gasteiger partial charge on any atom is 0.116 e. The Balaban J connectivity index is 3.12. The first-order valence-corrected chi connectivity index (χ1v) is 2.83. The fourth-order valence-corrected chi connectivity index (χ4v) is 0.683. The Morgan fingerprint density at radius 3 is 3.00 bits per heavy atom. The van der Waals surface area contributed by atoms with Crippen molar-refractivity contribution < 1.29 is 4.39 Å². The van der Waals surface area contributed by atoms with Gasteiger partial charge in [0, 0.05) is 5.56 Å². The Hall–Kier alpha value is -1.36. The standard InChI is InChI=1S/C8H5FN/c9-5-7-3-1-2-4-8(7)6-10/h1,3-4H,5H2. The number of benzene rings is 1. The summed E-state index contributed by atoms with van der Waals surface area (Å²) in [6, 6.07) is 9.20. The van der Waals surface area contributed by atoms with Crippen LogP contribution in [0.4, 0.5) is 4.39 Å². The highest BCUT2D eigenvalue weighted by atomic mass is 19.1. The third kappa shape index (κ3) is 1.14. The van der Waals surface area contributed by atoms with Crippen molar-refractivity contribution in [2.45, 2.75) is 6.67 Å². The van der Waals surface area contributed by atoms with E-state index in [4.69, 9.17) is 5.26 Å². The zero-order valence-corrected chi connectivity index (χ0v) is 5.26. The lowest BCUT2D eigenvalue weighted by atomic mass is 10.1. The number of hydrogen-bond acceptors (Lipinski definition) is 1. The molecule has 1 aromatic rings. The minimum atomic E-state index is -0.586. The number of rotatable bonds is 1. The van der Waals surface area contributed by atoms with Crippen LogP contribution in [0.2, 0.25) is 0 Å². The molecule has 2 heteroatoms. The Morgan fingerprint density at radius 1 is 1.70 bits per heavy atom. The van der Waals surface area contributed by atoms with Crippen molar-refractivity contribution in [3.63, 3.8) is 0 Å². The molecule has 0 amide bonds. The smallest absolute Gasteiger partial charge is 0.116 e. The molecule has 1 aromatic carbocycles. The fraction of sp³-hybridized carbons (Fsp3) is 0.125. The molecule has 0 fully saturated rings. The summed E-state index contributed by atoms with van der Waals surface area (Å²) < 4.78 is 12.0. The van der Waals surface area contributed by atoms with Crippen molar-refractivity contribution in [3.8, 4) is 6.07 Å². The van der Waals surface area contributed by atoms with E-state index in [-0.39, 0.29) is 0 Å². The molecule has 1 nitrogen and oxygen atoms in total. The summed E-state index contributed by atoms with van der Waals surface area (Å²) in [7, 11) is 0. The number of alkyl halides is 1. The minimum absolute atomic E-state index is 0.366. The largest absolute Gasteiger partial charge is 0.246 e. The highest BCUT2D eigenvalue weighted by Crippen LogP contribution is 2.07. The summed E-state index contributed by atoms with van der Waals surface area (Å²) in [6.07, 6.45) is 0. The Bertz CT molecular complexity index is 262. The van der Waals surface area contributed by atoms with Gasteiger partial charge in [0.05, 0.1) is 11.6 Å². The van der Waals surface area contributed by atoms with Crippen molar-refractivity contribution in [3.05, 3.63) is 35.4 Å². The van der Waals surface area contributed by atoms with Gasteiger partial charge in [-0.05, 0) is 12.1 Å². The molecule has 0 aliphatic heterocycles. The van der Waals surface area contributed by atoms with Crippen LogP contribution in [-0.2, 0) is 6.67 Å². The van der Waals surface area contributed by atoms with Gasteiger partial charge in [0.2, 0.25) is 0 Å². The second-order valence-corrected chi connectivity index (χ2v) is 1.83. The molecule has 0 saturated heterocycles. The van der Waals surface area contributed by atoms with Gasteiger partial charge in [-0.1, -0.05) is 12.1 Å². The van der Waals surface area contributed by atoms with E-state index in [0.29, 0.717) is 11.1 Å². The Morgan fingerprint density at radius 2 is 2.50 bits per heavy atom. The fourth-order valence-electron chi connectivity index (χ4n) is 0.683. The maximum absolute atomic E-state index is 12.0. The van der Waals surface area contributed by atoms with Crippen LogP contribution in [0, 0.1) is 17.4 Å². The molecule has 1 radical (unpaired) electrons. The van der Waals surface area contributed by atoms with Gasteiger partial charge < -0.3 is 0 Å². The normalized spacial score (nSPS) is 8.80. The van der Waals surface area contributed by atoms with E-state index in [1.807, 2.05) is 6.07 Å². The third-order valence-corrected chi connectivity index (χ3v) is 1.22. The minimum Gasteiger partial charge on any atom is -0.246 e. The van der Waals surface area contributed by atoms with Crippen LogP contribution in [0.5, 0.6) is 0 Å². The molecule has 0 atom stereocenters. The average molecular weight is 134 g/mol. The maximum atomic E-state index is 12.0. The third-order valence-electron chi connectivity index (χ3n) is 1.22. The Labute approximate surface area is 58.7 Å². The van der Waals surface area contributed by atoms with E-state index in [1.54, 1.807) is 12.1 Å². The van der Waals surface area contributed by atoms with Gasteiger partial charge in [-0.25, -0.2) is 4.39 Å². The highest BCUT2D eigenvalue weighted by molar-refractivity contribution is 5.36. The van der Waals surface area contributed by atoms with Crippen LogP contribution in [-0.4, -0.2) is 0 Å². The molecule has 0 N–H and O–H groups in total. The molecule has 0 aliphatic carbocycles. The first-order valence-electron chi connectivity index (χ1n) is 2.83. The summed E-state index contributed by atoms with van der Waals surface area (Å²) in [5, 5.41) is 8.41. The van der Waals surface area contributed by atoms with Crippen LogP contribution in [0.15, 0.2) is 18.2 Å². The van der Waals surface area contributed by atoms with Crippen LogP contribution >= 0.6 is 0 Å². The molecule has 0 unspecified atom stereocenters. The molecule has 0 aliphatic rings. The van der Waals surface area contributed by atoms with Crippen LogP contribution < -0.4 is 0 Å². The van der Waals surface area contributed by atoms with E-state index < -0.39 is 6.67 Å². The number of hydrogen-bond donors (Lipinski definition) is 0. The molecule has 0 saturated carbocycles. The van der Waals surface area contributed by atoms with Gasteiger partial charge in [0.25, 0.3) is 0 Å². The summed E-state index contributed by atoms with van der Waals surface area (Å²) in [5.41, 5.74) is 0.797. The predicted octanol–water partition coefficient (Wildman–Crippen LogP) is 1.83. The number of nitriles is 1. The van der Waals surface area contributed by atoms with Crippen molar-refractivity contribution in [1.29, 1.82) is 5.26 Å². The molecular weight excluding hydrogens is 129 g/mol. The van der Waals surface area contributed by atoms with Gasteiger partial charge in [0.1, 0.15) is 6.67 Å². The van der Waals surface area contributed by atoms with Crippen molar-refractivity contribution in [1.82, 2.24) is 0 Å². The summed E-state index contributed by atoms with van der Waals surface area (Å²) >= 11 is 0. The predicted molar refractivity (Wildman–Crippen MR) is 34.8 cm³/mol. The summed E-state index contributed by atoms with van der Waals surface area (Å²) in [5.74, 6) is 0. The van der Waals surface area contributed by atoms with Gasteiger partial charge in [0.15, 0.2) is 0 Å². The highest BCUT2D eigenvalue weighted by Gasteiger charge is 1.97. The average Bonchev–Trinajstić information content (AvgIpc) is 2.04. The zero-order valence-electron chi connectivity index (χ0n) is 5.26. The molecule has 0 spiro atoms. The molecule has 0 aromatic heterocycles. The van der Waals surface area contributed by atoms with Crippen LogP contribution in [0.25, 0.3) is 0 Å². The van der Waals surface area contributed by atoms with Gasteiger partial charge in [-0.3, -0.25) is 0 Å². The molecule has 10 heavy (non-hydrogen) atoms. The van der Waals surface area contributed by atoms with Crippen molar-refractivity contribution >= 4 is 0 Å². The topological polar surface area (TPSA) is 23.8 Å². The second kappa shape index (κ2) is 2.98. The van der Waals surface area contributed by atoms with Gasteiger partial charge >= 0.3 is 0 Å². The van der Waals surface area contributed by atoms with E-state index >= 15 is 0 Å². The molecule has 49 valence electrons. The zero-order chi connectivity index (χ0) is 7.40. The quantitative estimate of drug-likeness (QED) is 0.574. The van der Waals surface area contributed by atoms with Crippen LogP contribution in [0.1, 0.15) is 11.1 Å². The van der Waals surface area contributed by atoms with Crippen LogP contribution in [0.3, 0.4) is 0 Å². The molecule has 1 rings (SSSR count).